The highest BCUT2D eigenvalue weighted by Crippen LogP contribution is 2.31. The molecule has 7 nitrogen and oxygen atoms in total. The SMILES string of the molecule is CN1C(=O)Cc2cc(S(=O)(=O)N3CCC(C(=O)O)CC3)ccc21. The number of carbonyl (C=O) groups is 2. The minimum Gasteiger partial charge on any atom is -0.481 e. The van der Waals surface area contributed by atoms with Gasteiger partial charge in [0.15, 0.2) is 0 Å². The van der Waals surface area contributed by atoms with Crippen molar-refractivity contribution in [2.45, 2.75) is 24.2 Å². The Bertz CT molecular complexity index is 766. The Morgan fingerprint density at radius 2 is 1.91 bits per heavy atom. The summed E-state index contributed by atoms with van der Waals surface area (Å²) in [5.74, 6) is -1.41. The highest BCUT2D eigenvalue weighted by Gasteiger charge is 2.33. The number of hydrogen-bond acceptors (Lipinski definition) is 4. The van der Waals surface area contributed by atoms with Crippen LogP contribution in [-0.2, 0) is 26.0 Å². The van der Waals surface area contributed by atoms with E-state index in [1.807, 2.05) is 0 Å². The summed E-state index contributed by atoms with van der Waals surface area (Å²) in [5.41, 5.74) is 1.44. The summed E-state index contributed by atoms with van der Waals surface area (Å²) < 4.78 is 26.7. The van der Waals surface area contributed by atoms with Crippen molar-refractivity contribution < 1.29 is 23.1 Å². The fourth-order valence-corrected chi connectivity index (χ4v) is 4.62. The molecule has 2 aliphatic heterocycles. The first-order chi connectivity index (χ1) is 10.8. The van der Waals surface area contributed by atoms with Crippen LogP contribution in [0.25, 0.3) is 0 Å². The molecule has 0 aliphatic carbocycles. The second kappa shape index (κ2) is 5.61. The summed E-state index contributed by atoms with van der Waals surface area (Å²) in [7, 11) is -1.99. The van der Waals surface area contributed by atoms with Crippen molar-refractivity contribution in [1.82, 2.24) is 4.31 Å². The molecule has 23 heavy (non-hydrogen) atoms. The van der Waals surface area contributed by atoms with Gasteiger partial charge in [-0.05, 0) is 36.6 Å². The summed E-state index contributed by atoms with van der Waals surface area (Å²) in [5, 5.41) is 9.00. The standard InChI is InChI=1S/C15H18N2O5S/c1-16-13-3-2-12(8-11(13)9-14(16)18)23(21,22)17-6-4-10(5-7-17)15(19)20/h2-3,8,10H,4-7,9H2,1H3,(H,19,20). The molecule has 0 spiro atoms. The van der Waals surface area contributed by atoms with Gasteiger partial charge in [-0.15, -0.1) is 0 Å². The Hall–Kier alpha value is -1.93. The first kappa shape index (κ1) is 15.9. The monoisotopic (exact) mass is 338 g/mol. The Balaban J connectivity index is 1.83. The van der Waals surface area contributed by atoms with E-state index >= 15 is 0 Å². The van der Waals surface area contributed by atoms with Gasteiger partial charge in [-0.3, -0.25) is 9.59 Å². The number of piperidine rings is 1. The fourth-order valence-electron chi connectivity index (χ4n) is 3.10. The molecule has 8 heteroatoms. The zero-order valence-corrected chi connectivity index (χ0v) is 13.5. The third-order valence-electron chi connectivity index (χ3n) is 4.57. The highest BCUT2D eigenvalue weighted by atomic mass is 32.2. The van der Waals surface area contributed by atoms with Gasteiger partial charge in [0.25, 0.3) is 0 Å². The van der Waals surface area contributed by atoms with Gasteiger partial charge < -0.3 is 10.0 Å². The first-order valence-electron chi connectivity index (χ1n) is 7.43. The fraction of sp³-hybridized carbons (Fsp3) is 0.467. The van der Waals surface area contributed by atoms with Gasteiger partial charge in [0.05, 0.1) is 17.2 Å². The zero-order chi connectivity index (χ0) is 16.8. The number of fused-ring (bicyclic) bond motifs is 1. The average molecular weight is 338 g/mol. The molecule has 1 amide bonds. The molecule has 1 aromatic rings. The van der Waals surface area contributed by atoms with Crippen LogP contribution >= 0.6 is 0 Å². The molecule has 0 aromatic heterocycles. The van der Waals surface area contributed by atoms with Crippen molar-refractivity contribution in [3.8, 4) is 0 Å². The number of aliphatic carboxylic acids is 1. The maximum Gasteiger partial charge on any atom is 0.306 e. The van der Waals surface area contributed by atoms with Crippen LogP contribution < -0.4 is 4.90 Å². The average Bonchev–Trinajstić information content (AvgIpc) is 2.81. The van der Waals surface area contributed by atoms with Crippen LogP contribution in [-0.4, -0.2) is 49.8 Å². The van der Waals surface area contributed by atoms with E-state index in [4.69, 9.17) is 5.11 Å². The summed E-state index contributed by atoms with van der Waals surface area (Å²) in [4.78, 5) is 24.3. The molecule has 1 N–H and O–H groups in total. The van der Waals surface area contributed by atoms with E-state index in [0.717, 1.165) is 5.69 Å². The number of likely N-dealkylation sites (N-methyl/N-ethyl adjacent to an activating group) is 1. The smallest absolute Gasteiger partial charge is 0.306 e. The molecule has 0 radical (unpaired) electrons. The lowest BCUT2D eigenvalue weighted by molar-refractivity contribution is -0.142. The van der Waals surface area contributed by atoms with E-state index in [2.05, 4.69) is 0 Å². The van der Waals surface area contributed by atoms with Gasteiger partial charge >= 0.3 is 5.97 Å². The maximum absolute atomic E-state index is 12.7. The number of benzene rings is 1. The van der Waals surface area contributed by atoms with Crippen LogP contribution in [0, 0.1) is 5.92 Å². The second-order valence-corrected chi connectivity index (χ2v) is 7.87. The number of sulfonamides is 1. The van der Waals surface area contributed by atoms with Crippen molar-refractivity contribution in [3.63, 3.8) is 0 Å². The third-order valence-corrected chi connectivity index (χ3v) is 6.46. The van der Waals surface area contributed by atoms with Crippen LogP contribution in [0.4, 0.5) is 5.69 Å². The quantitative estimate of drug-likeness (QED) is 0.875. The first-order valence-corrected chi connectivity index (χ1v) is 8.87. The Morgan fingerprint density at radius 1 is 1.26 bits per heavy atom. The molecule has 0 atom stereocenters. The van der Waals surface area contributed by atoms with Crippen molar-refractivity contribution in [2.75, 3.05) is 25.0 Å². The van der Waals surface area contributed by atoms with Gasteiger partial charge in [-0.1, -0.05) is 0 Å². The minimum atomic E-state index is -3.66. The number of hydrogen-bond donors (Lipinski definition) is 1. The van der Waals surface area contributed by atoms with Crippen LogP contribution in [0.15, 0.2) is 23.1 Å². The molecule has 1 aromatic carbocycles. The lowest BCUT2D eigenvalue weighted by Gasteiger charge is -2.29. The van der Waals surface area contributed by atoms with E-state index in [1.165, 1.54) is 15.3 Å². The molecular weight excluding hydrogens is 320 g/mol. The van der Waals surface area contributed by atoms with E-state index in [0.29, 0.717) is 18.4 Å². The molecule has 2 heterocycles. The summed E-state index contributed by atoms with van der Waals surface area (Å²) in [6.07, 6.45) is 0.845. The summed E-state index contributed by atoms with van der Waals surface area (Å²) in [6.45, 7) is 0.407. The molecule has 0 unspecified atom stereocenters. The van der Waals surface area contributed by atoms with Crippen molar-refractivity contribution in [1.29, 1.82) is 0 Å². The van der Waals surface area contributed by atoms with Gasteiger partial charge in [0.2, 0.25) is 15.9 Å². The van der Waals surface area contributed by atoms with Gasteiger partial charge in [-0.25, -0.2) is 8.42 Å². The van der Waals surface area contributed by atoms with Crippen LogP contribution in [0.2, 0.25) is 0 Å². The number of carboxylic acids is 1. The molecule has 1 saturated heterocycles. The molecule has 0 bridgehead atoms. The van der Waals surface area contributed by atoms with Gasteiger partial charge in [0, 0.05) is 25.8 Å². The van der Waals surface area contributed by atoms with E-state index < -0.39 is 21.9 Å². The molecule has 1 fully saturated rings. The topological polar surface area (TPSA) is 95.0 Å². The molecule has 3 rings (SSSR count). The molecule has 124 valence electrons. The van der Waals surface area contributed by atoms with Crippen LogP contribution in [0.3, 0.4) is 0 Å². The Morgan fingerprint density at radius 3 is 2.52 bits per heavy atom. The molecular formula is C15H18N2O5S. The number of nitrogens with zero attached hydrogens (tertiary/aromatic N) is 2. The third kappa shape index (κ3) is 2.72. The van der Waals surface area contributed by atoms with Gasteiger partial charge in [-0.2, -0.15) is 4.31 Å². The van der Waals surface area contributed by atoms with Crippen molar-refractivity contribution in [3.05, 3.63) is 23.8 Å². The highest BCUT2D eigenvalue weighted by molar-refractivity contribution is 7.89. The lowest BCUT2D eigenvalue weighted by Crippen LogP contribution is -2.40. The number of amides is 1. The predicted molar refractivity (Wildman–Crippen MR) is 82.7 cm³/mol. The normalized spacial score (nSPS) is 19.9. The second-order valence-electron chi connectivity index (χ2n) is 5.94. The predicted octanol–water partition coefficient (Wildman–Crippen LogP) is 0.691. The Labute approximate surface area is 134 Å². The summed E-state index contributed by atoms with van der Waals surface area (Å²) in [6, 6.07) is 4.71. The minimum absolute atomic E-state index is 0.0585. The number of rotatable bonds is 3. The lowest BCUT2D eigenvalue weighted by atomic mass is 9.99. The van der Waals surface area contributed by atoms with Crippen molar-refractivity contribution >= 4 is 27.6 Å². The van der Waals surface area contributed by atoms with Crippen molar-refractivity contribution in [2.24, 2.45) is 5.92 Å². The Kier molecular flexibility index (Phi) is 3.89. The molecule has 0 saturated carbocycles. The van der Waals surface area contributed by atoms with Gasteiger partial charge in [0.1, 0.15) is 0 Å². The van der Waals surface area contributed by atoms with Crippen LogP contribution in [0.1, 0.15) is 18.4 Å². The zero-order valence-electron chi connectivity index (χ0n) is 12.7. The van der Waals surface area contributed by atoms with Crippen LogP contribution in [0.5, 0.6) is 0 Å². The summed E-state index contributed by atoms with van der Waals surface area (Å²) >= 11 is 0. The number of carboxylic acid groups (broad SMARTS) is 1. The maximum atomic E-state index is 12.7. The van der Waals surface area contributed by atoms with E-state index in [1.54, 1.807) is 19.2 Å². The number of anilines is 1. The van der Waals surface area contributed by atoms with E-state index in [9.17, 15) is 18.0 Å². The molecule has 2 aliphatic rings. The van der Waals surface area contributed by atoms with E-state index in [-0.39, 0.29) is 30.3 Å². The largest absolute Gasteiger partial charge is 0.481 e. The number of carbonyl (C=O) groups excluding carboxylic acids is 1.